The SMILES string of the molecule is COc1ccccc1CNC(=O)[C@@H](C)Sc1nnc(C)s1. The summed E-state index contributed by atoms with van der Waals surface area (Å²) in [7, 11) is 1.62. The molecule has 0 aliphatic carbocycles. The number of para-hydroxylation sites is 1. The number of hydrogen-bond donors (Lipinski definition) is 1. The fourth-order valence-corrected chi connectivity index (χ4v) is 3.69. The van der Waals surface area contributed by atoms with Gasteiger partial charge in [0.25, 0.3) is 0 Å². The van der Waals surface area contributed by atoms with Crippen molar-refractivity contribution in [1.29, 1.82) is 0 Å². The van der Waals surface area contributed by atoms with Gasteiger partial charge in [-0.15, -0.1) is 10.2 Å². The van der Waals surface area contributed by atoms with Gasteiger partial charge in [0, 0.05) is 12.1 Å². The van der Waals surface area contributed by atoms with Gasteiger partial charge in [-0.05, 0) is 19.9 Å². The molecule has 2 rings (SSSR count). The number of carbonyl (C=O) groups is 1. The van der Waals surface area contributed by atoms with Crippen LogP contribution in [-0.4, -0.2) is 28.5 Å². The van der Waals surface area contributed by atoms with Gasteiger partial charge in [0.15, 0.2) is 4.34 Å². The van der Waals surface area contributed by atoms with Crippen LogP contribution in [0.1, 0.15) is 17.5 Å². The standard InChI is InChI=1S/C14H17N3O2S2/c1-9(20-14-17-16-10(2)21-14)13(18)15-8-11-6-4-5-7-12(11)19-3/h4-7,9H,8H2,1-3H3,(H,15,18)/t9-/m1/s1. The number of methoxy groups -OCH3 is 1. The van der Waals surface area contributed by atoms with Crippen LogP contribution >= 0.6 is 23.1 Å². The van der Waals surface area contributed by atoms with Gasteiger partial charge in [0.1, 0.15) is 10.8 Å². The number of nitrogens with zero attached hydrogens (tertiary/aromatic N) is 2. The largest absolute Gasteiger partial charge is 0.496 e. The number of rotatable bonds is 6. The molecule has 0 radical (unpaired) electrons. The lowest BCUT2D eigenvalue weighted by molar-refractivity contribution is -0.120. The first-order chi connectivity index (χ1) is 10.1. The Morgan fingerprint density at radius 2 is 2.19 bits per heavy atom. The Balaban J connectivity index is 1.89. The number of carbonyl (C=O) groups excluding carboxylic acids is 1. The van der Waals surface area contributed by atoms with E-state index in [0.717, 1.165) is 20.7 Å². The van der Waals surface area contributed by atoms with Gasteiger partial charge in [0.05, 0.1) is 12.4 Å². The number of amides is 1. The molecule has 0 bridgehead atoms. The van der Waals surface area contributed by atoms with Crippen molar-refractivity contribution < 1.29 is 9.53 Å². The minimum atomic E-state index is -0.216. The summed E-state index contributed by atoms with van der Waals surface area (Å²) in [4.78, 5) is 12.1. The minimum Gasteiger partial charge on any atom is -0.496 e. The summed E-state index contributed by atoms with van der Waals surface area (Å²) in [5.41, 5.74) is 0.956. The fourth-order valence-electron chi connectivity index (χ4n) is 1.71. The molecule has 21 heavy (non-hydrogen) atoms. The van der Waals surface area contributed by atoms with Gasteiger partial charge in [-0.3, -0.25) is 4.79 Å². The summed E-state index contributed by atoms with van der Waals surface area (Å²) in [5.74, 6) is 0.747. The highest BCUT2D eigenvalue weighted by Crippen LogP contribution is 2.26. The Hall–Kier alpha value is -1.60. The van der Waals surface area contributed by atoms with Gasteiger partial charge in [0.2, 0.25) is 5.91 Å². The lowest BCUT2D eigenvalue weighted by Gasteiger charge is -2.12. The van der Waals surface area contributed by atoms with E-state index < -0.39 is 0 Å². The van der Waals surface area contributed by atoms with Gasteiger partial charge < -0.3 is 10.1 Å². The highest BCUT2D eigenvalue weighted by molar-refractivity contribution is 8.02. The lowest BCUT2D eigenvalue weighted by Crippen LogP contribution is -2.30. The Kier molecular flexibility index (Phi) is 5.58. The van der Waals surface area contributed by atoms with Crippen molar-refractivity contribution in [2.24, 2.45) is 0 Å². The summed E-state index contributed by atoms with van der Waals surface area (Å²) in [6, 6.07) is 7.64. The third kappa shape index (κ3) is 4.44. The molecule has 5 nitrogen and oxygen atoms in total. The van der Waals surface area contributed by atoms with E-state index in [1.165, 1.54) is 23.1 Å². The molecule has 2 aromatic rings. The molecule has 0 aliphatic heterocycles. The Morgan fingerprint density at radius 1 is 1.43 bits per heavy atom. The monoisotopic (exact) mass is 323 g/mol. The van der Waals surface area contributed by atoms with Crippen LogP contribution in [-0.2, 0) is 11.3 Å². The van der Waals surface area contributed by atoms with E-state index in [9.17, 15) is 4.79 Å². The zero-order chi connectivity index (χ0) is 15.2. The van der Waals surface area contributed by atoms with Crippen LogP contribution in [0.25, 0.3) is 0 Å². The third-order valence-corrected chi connectivity index (χ3v) is 4.82. The number of aromatic nitrogens is 2. The van der Waals surface area contributed by atoms with Crippen LogP contribution < -0.4 is 10.1 Å². The topological polar surface area (TPSA) is 64.1 Å². The van der Waals surface area contributed by atoms with E-state index >= 15 is 0 Å². The predicted octanol–water partition coefficient (Wildman–Crippen LogP) is 2.65. The summed E-state index contributed by atoms with van der Waals surface area (Å²) in [5, 5.41) is 11.6. The van der Waals surface area contributed by atoms with Crippen molar-refractivity contribution in [3.63, 3.8) is 0 Å². The van der Waals surface area contributed by atoms with Crippen LogP contribution in [0.4, 0.5) is 0 Å². The van der Waals surface area contributed by atoms with E-state index in [4.69, 9.17) is 4.74 Å². The molecular formula is C14H17N3O2S2. The zero-order valence-electron chi connectivity index (χ0n) is 12.1. The third-order valence-electron chi connectivity index (χ3n) is 2.80. The molecule has 1 heterocycles. The molecule has 0 spiro atoms. The number of benzene rings is 1. The molecule has 0 unspecified atom stereocenters. The van der Waals surface area contributed by atoms with Gasteiger partial charge in [-0.1, -0.05) is 41.3 Å². The predicted molar refractivity (Wildman–Crippen MR) is 84.8 cm³/mol. The van der Waals surface area contributed by atoms with Crippen molar-refractivity contribution in [3.8, 4) is 5.75 Å². The molecule has 0 aliphatic rings. The van der Waals surface area contributed by atoms with Crippen LogP contribution in [0.5, 0.6) is 5.75 Å². The summed E-state index contributed by atoms with van der Waals surface area (Å²) in [6.07, 6.45) is 0. The van der Waals surface area contributed by atoms with Crippen LogP contribution in [0.15, 0.2) is 28.6 Å². The minimum absolute atomic E-state index is 0.0289. The molecule has 7 heteroatoms. The summed E-state index contributed by atoms with van der Waals surface area (Å²) >= 11 is 2.91. The first-order valence-corrected chi connectivity index (χ1v) is 8.16. The number of hydrogen-bond acceptors (Lipinski definition) is 6. The Morgan fingerprint density at radius 3 is 2.86 bits per heavy atom. The first kappa shape index (κ1) is 15.8. The average molecular weight is 323 g/mol. The first-order valence-electron chi connectivity index (χ1n) is 6.46. The Bertz CT molecular complexity index is 616. The van der Waals surface area contributed by atoms with Crippen molar-refractivity contribution in [2.75, 3.05) is 7.11 Å². The fraction of sp³-hybridized carbons (Fsp3) is 0.357. The summed E-state index contributed by atoms with van der Waals surface area (Å²) < 4.78 is 6.08. The van der Waals surface area contributed by atoms with E-state index in [-0.39, 0.29) is 11.2 Å². The molecule has 1 N–H and O–H groups in total. The zero-order valence-corrected chi connectivity index (χ0v) is 13.8. The molecule has 0 saturated carbocycles. The van der Waals surface area contributed by atoms with Crippen molar-refractivity contribution >= 4 is 29.0 Å². The number of aryl methyl sites for hydroxylation is 1. The molecule has 1 amide bonds. The maximum Gasteiger partial charge on any atom is 0.233 e. The Labute approximate surface area is 132 Å². The number of ether oxygens (including phenoxy) is 1. The maximum atomic E-state index is 12.1. The normalized spacial score (nSPS) is 12.0. The molecule has 1 aromatic carbocycles. The lowest BCUT2D eigenvalue weighted by atomic mass is 10.2. The molecule has 112 valence electrons. The average Bonchev–Trinajstić information content (AvgIpc) is 2.90. The van der Waals surface area contributed by atoms with Crippen LogP contribution in [0.2, 0.25) is 0 Å². The van der Waals surface area contributed by atoms with Crippen LogP contribution in [0.3, 0.4) is 0 Å². The van der Waals surface area contributed by atoms with E-state index in [1.807, 2.05) is 38.1 Å². The molecular weight excluding hydrogens is 306 g/mol. The van der Waals surface area contributed by atoms with Crippen molar-refractivity contribution in [3.05, 3.63) is 34.8 Å². The second-order valence-electron chi connectivity index (χ2n) is 4.38. The molecule has 0 fully saturated rings. The quantitative estimate of drug-likeness (QED) is 0.828. The molecule has 0 saturated heterocycles. The van der Waals surface area contributed by atoms with E-state index in [2.05, 4.69) is 15.5 Å². The van der Waals surface area contributed by atoms with Crippen molar-refractivity contribution in [2.45, 2.75) is 30.0 Å². The summed E-state index contributed by atoms with van der Waals surface area (Å²) in [6.45, 7) is 4.20. The number of thioether (sulfide) groups is 1. The van der Waals surface area contributed by atoms with E-state index in [0.29, 0.717) is 6.54 Å². The smallest absolute Gasteiger partial charge is 0.233 e. The molecule has 1 aromatic heterocycles. The maximum absolute atomic E-state index is 12.1. The van der Waals surface area contributed by atoms with Gasteiger partial charge in [-0.2, -0.15) is 0 Å². The highest BCUT2D eigenvalue weighted by atomic mass is 32.2. The van der Waals surface area contributed by atoms with Crippen LogP contribution in [0, 0.1) is 6.92 Å². The number of nitrogens with one attached hydrogen (secondary N) is 1. The van der Waals surface area contributed by atoms with Gasteiger partial charge in [-0.25, -0.2) is 0 Å². The van der Waals surface area contributed by atoms with E-state index in [1.54, 1.807) is 7.11 Å². The van der Waals surface area contributed by atoms with Gasteiger partial charge >= 0.3 is 0 Å². The molecule has 1 atom stereocenters. The second-order valence-corrected chi connectivity index (χ2v) is 7.15. The highest BCUT2D eigenvalue weighted by Gasteiger charge is 2.16. The van der Waals surface area contributed by atoms with Crippen molar-refractivity contribution in [1.82, 2.24) is 15.5 Å². The second kappa shape index (κ2) is 7.42.